The van der Waals surface area contributed by atoms with E-state index in [0.29, 0.717) is 28.8 Å². The van der Waals surface area contributed by atoms with Crippen LogP contribution in [0.4, 0.5) is 13.2 Å². The van der Waals surface area contributed by atoms with Crippen molar-refractivity contribution in [3.8, 4) is 11.3 Å². The third-order valence-corrected chi connectivity index (χ3v) is 5.95. The maximum absolute atomic E-state index is 14.4. The molecule has 2 aromatic carbocycles. The predicted molar refractivity (Wildman–Crippen MR) is 110 cm³/mol. The second kappa shape index (κ2) is 7.61. The normalized spacial score (nSPS) is 18.2. The van der Waals surface area contributed by atoms with Crippen LogP contribution in [0.3, 0.4) is 0 Å². The fourth-order valence-corrected chi connectivity index (χ4v) is 4.36. The predicted octanol–water partition coefficient (Wildman–Crippen LogP) is 4.90. The number of hydrogen-bond acceptors (Lipinski definition) is 2. The van der Waals surface area contributed by atoms with Crippen LogP contribution in [0, 0.1) is 23.4 Å². The number of amides is 1. The molecule has 0 unspecified atom stereocenters. The van der Waals surface area contributed by atoms with Crippen LogP contribution in [0.5, 0.6) is 0 Å². The van der Waals surface area contributed by atoms with Gasteiger partial charge in [-0.15, -0.1) is 0 Å². The van der Waals surface area contributed by atoms with Gasteiger partial charge in [0.25, 0.3) is 5.91 Å². The summed E-state index contributed by atoms with van der Waals surface area (Å²) in [4.78, 5) is 15.2. The van der Waals surface area contributed by atoms with E-state index in [1.54, 1.807) is 12.1 Å². The smallest absolute Gasteiger partial charge is 0.254 e. The van der Waals surface area contributed by atoms with Gasteiger partial charge in [-0.1, -0.05) is 0 Å². The molecule has 158 valence electrons. The maximum Gasteiger partial charge on any atom is 0.254 e. The summed E-state index contributed by atoms with van der Waals surface area (Å²) in [5.41, 5.74) is 2.93. The number of rotatable bonds is 5. The molecule has 0 spiro atoms. The molecule has 0 radical (unpaired) electrons. The van der Waals surface area contributed by atoms with Gasteiger partial charge in [0.15, 0.2) is 0 Å². The molecule has 31 heavy (non-hydrogen) atoms. The Kier molecular flexibility index (Phi) is 4.77. The van der Waals surface area contributed by atoms with Gasteiger partial charge >= 0.3 is 0 Å². The van der Waals surface area contributed by atoms with Crippen molar-refractivity contribution >= 4 is 16.8 Å². The highest BCUT2D eigenvalue weighted by Gasteiger charge is 2.34. The zero-order valence-electron chi connectivity index (χ0n) is 16.4. The van der Waals surface area contributed by atoms with Crippen LogP contribution in [0.15, 0.2) is 48.8 Å². The van der Waals surface area contributed by atoms with Gasteiger partial charge in [-0.3, -0.25) is 9.89 Å². The molecule has 5 rings (SSSR count). The molecule has 3 N–H and O–H groups in total. The van der Waals surface area contributed by atoms with E-state index in [2.05, 4.69) is 20.5 Å². The molecule has 2 heterocycles. The summed E-state index contributed by atoms with van der Waals surface area (Å²) in [6.07, 6.45) is 4.53. The summed E-state index contributed by atoms with van der Waals surface area (Å²) in [6, 6.07) is 8.13. The summed E-state index contributed by atoms with van der Waals surface area (Å²) >= 11 is 0. The zero-order valence-corrected chi connectivity index (χ0v) is 16.4. The van der Waals surface area contributed by atoms with Crippen molar-refractivity contribution in [2.45, 2.75) is 18.8 Å². The SMILES string of the molecule is O=C(NC[C@H]1C[C@H](c2c(-c3ccc(F)cc3)[nH]c3c(F)cc(F)cc32)C1)c1cn[nH]c1. The minimum Gasteiger partial charge on any atom is -0.352 e. The first-order chi connectivity index (χ1) is 15.0. The van der Waals surface area contributed by atoms with Gasteiger partial charge in [0.1, 0.15) is 17.5 Å². The van der Waals surface area contributed by atoms with Crippen LogP contribution >= 0.6 is 0 Å². The molecule has 0 aliphatic heterocycles. The van der Waals surface area contributed by atoms with E-state index in [4.69, 9.17) is 0 Å². The quantitative estimate of drug-likeness (QED) is 0.426. The van der Waals surface area contributed by atoms with Crippen LogP contribution in [0.25, 0.3) is 22.2 Å². The molecule has 2 aromatic heterocycles. The fourth-order valence-electron chi connectivity index (χ4n) is 4.36. The Hall–Kier alpha value is -3.55. The first kappa shape index (κ1) is 19.4. The van der Waals surface area contributed by atoms with Crippen LogP contribution in [0.2, 0.25) is 0 Å². The summed E-state index contributed by atoms with van der Waals surface area (Å²) in [6.45, 7) is 0.511. The number of carbonyl (C=O) groups excluding carboxylic acids is 1. The van der Waals surface area contributed by atoms with Gasteiger partial charge in [-0.25, -0.2) is 13.2 Å². The molecule has 0 bridgehead atoms. The Bertz CT molecular complexity index is 1240. The fraction of sp³-hybridized carbons (Fsp3) is 0.217. The second-order valence-electron chi connectivity index (χ2n) is 7.96. The van der Waals surface area contributed by atoms with Gasteiger partial charge in [-0.2, -0.15) is 5.10 Å². The van der Waals surface area contributed by atoms with Gasteiger partial charge < -0.3 is 10.3 Å². The van der Waals surface area contributed by atoms with E-state index in [0.717, 1.165) is 24.5 Å². The molecular formula is C23H19F3N4O. The lowest BCUT2D eigenvalue weighted by atomic mass is 9.70. The number of carbonyl (C=O) groups is 1. The first-order valence-electron chi connectivity index (χ1n) is 10.0. The van der Waals surface area contributed by atoms with Crippen LogP contribution in [-0.2, 0) is 0 Å². The van der Waals surface area contributed by atoms with Crippen LogP contribution in [0.1, 0.15) is 34.7 Å². The number of benzene rings is 2. The van der Waals surface area contributed by atoms with Crippen molar-refractivity contribution in [2.24, 2.45) is 5.92 Å². The minimum absolute atomic E-state index is 0.0748. The topological polar surface area (TPSA) is 73.6 Å². The zero-order chi connectivity index (χ0) is 21.5. The van der Waals surface area contributed by atoms with Crippen molar-refractivity contribution < 1.29 is 18.0 Å². The third-order valence-electron chi connectivity index (χ3n) is 5.95. The van der Waals surface area contributed by atoms with Crippen molar-refractivity contribution in [3.05, 3.63) is 77.4 Å². The summed E-state index contributed by atoms with van der Waals surface area (Å²) < 4.78 is 41.8. The number of H-pyrrole nitrogens is 2. The van der Waals surface area contributed by atoms with Crippen molar-refractivity contribution in [1.29, 1.82) is 0 Å². The Morgan fingerprint density at radius 2 is 1.87 bits per heavy atom. The van der Waals surface area contributed by atoms with Gasteiger partial charge in [0, 0.05) is 24.2 Å². The highest BCUT2D eigenvalue weighted by atomic mass is 19.1. The van der Waals surface area contributed by atoms with Crippen molar-refractivity contribution in [2.75, 3.05) is 6.54 Å². The van der Waals surface area contributed by atoms with Crippen molar-refractivity contribution in [1.82, 2.24) is 20.5 Å². The molecule has 8 heteroatoms. The van der Waals surface area contributed by atoms with E-state index >= 15 is 0 Å². The van der Waals surface area contributed by atoms with E-state index in [-0.39, 0.29) is 29.1 Å². The number of hydrogen-bond donors (Lipinski definition) is 3. The Balaban J connectivity index is 1.41. The molecule has 4 aromatic rings. The van der Waals surface area contributed by atoms with E-state index in [9.17, 15) is 18.0 Å². The Labute approximate surface area is 175 Å². The highest BCUT2D eigenvalue weighted by molar-refractivity contribution is 5.94. The van der Waals surface area contributed by atoms with E-state index in [1.165, 1.54) is 30.6 Å². The summed E-state index contributed by atoms with van der Waals surface area (Å²) in [5, 5.41) is 9.76. The average Bonchev–Trinajstić information content (AvgIpc) is 3.36. The first-order valence-corrected chi connectivity index (χ1v) is 10.0. The molecule has 0 saturated heterocycles. The molecule has 1 aliphatic carbocycles. The van der Waals surface area contributed by atoms with E-state index < -0.39 is 11.6 Å². The molecule has 1 aliphatic rings. The molecule has 1 fully saturated rings. The minimum atomic E-state index is -0.659. The second-order valence-corrected chi connectivity index (χ2v) is 7.96. The maximum atomic E-state index is 14.4. The van der Waals surface area contributed by atoms with Crippen LogP contribution in [-0.4, -0.2) is 27.6 Å². The average molecular weight is 424 g/mol. The molecule has 1 amide bonds. The molecular weight excluding hydrogens is 405 g/mol. The van der Waals surface area contributed by atoms with Crippen molar-refractivity contribution in [3.63, 3.8) is 0 Å². The molecule has 5 nitrogen and oxygen atoms in total. The lowest BCUT2D eigenvalue weighted by Crippen LogP contribution is -2.35. The number of fused-ring (bicyclic) bond motifs is 1. The number of aromatic amines is 2. The van der Waals surface area contributed by atoms with E-state index in [1.807, 2.05) is 0 Å². The van der Waals surface area contributed by atoms with Crippen LogP contribution < -0.4 is 5.32 Å². The molecule has 1 saturated carbocycles. The number of halogens is 3. The third kappa shape index (κ3) is 3.58. The highest BCUT2D eigenvalue weighted by Crippen LogP contribution is 2.48. The molecule has 0 atom stereocenters. The van der Waals surface area contributed by atoms with Gasteiger partial charge in [-0.05, 0) is 66.1 Å². The Morgan fingerprint density at radius 3 is 2.58 bits per heavy atom. The summed E-state index contributed by atoms with van der Waals surface area (Å²) in [5.74, 6) is -1.53. The standard InChI is InChI=1S/C23H19F3N4O/c24-16-3-1-13(2-4-16)21-20(18-7-17(25)8-19(26)22(18)30-21)14-5-12(6-14)9-27-23(31)15-10-28-29-11-15/h1-4,7-8,10-12,14,30H,5-6,9H2,(H,27,31)(H,28,29)/t12-,14-. The Morgan fingerprint density at radius 1 is 1.10 bits per heavy atom. The number of nitrogens with one attached hydrogen (secondary N) is 3. The lowest BCUT2D eigenvalue weighted by molar-refractivity contribution is 0.0935. The largest absolute Gasteiger partial charge is 0.352 e. The lowest BCUT2D eigenvalue weighted by Gasteiger charge is -2.36. The number of aromatic nitrogens is 3. The summed E-state index contributed by atoms with van der Waals surface area (Å²) in [7, 11) is 0. The van der Waals surface area contributed by atoms with Gasteiger partial charge in [0.2, 0.25) is 0 Å². The van der Waals surface area contributed by atoms with Gasteiger partial charge in [0.05, 0.1) is 23.0 Å². The monoisotopic (exact) mass is 424 g/mol. The number of nitrogens with zero attached hydrogens (tertiary/aromatic N) is 1.